The Morgan fingerprint density at radius 2 is 2.13 bits per heavy atom. The molecule has 0 N–H and O–H groups in total. The summed E-state index contributed by atoms with van der Waals surface area (Å²) in [5.41, 5.74) is 0.219. The molecule has 0 saturated carbocycles. The summed E-state index contributed by atoms with van der Waals surface area (Å²) < 4.78 is 5.05. The number of hydrogen-bond acceptors (Lipinski definition) is 3. The molecule has 0 saturated heterocycles. The van der Waals surface area contributed by atoms with Crippen LogP contribution >= 0.6 is 11.3 Å². The second-order valence-corrected chi connectivity index (χ2v) is 5.75. The van der Waals surface area contributed by atoms with E-state index in [-0.39, 0.29) is 11.2 Å². The average molecular weight is 226 g/mol. The van der Waals surface area contributed by atoms with Crippen molar-refractivity contribution >= 4 is 17.1 Å². The minimum atomic E-state index is 0.219. The lowest BCUT2D eigenvalue weighted by atomic mass is 9.89. The molecule has 0 spiro atoms. The Kier molecular flexibility index (Phi) is 3.91. The number of thiophene rings is 1. The Morgan fingerprint density at radius 1 is 1.47 bits per heavy atom. The van der Waals surface area contributed by atoms with E-state index >= 15 is 0 Å². The van der Waals surface area contributed by atoms with E-state index in [1.54, 1.807) is 7.11 Å². The SMILES string of the molecule is COc1csc(C(=O)CCC(C)(C)C)c1. The molecule has 3 heteroatoms. The van der Waals surface area contributed by atoms with Crippen molar-refractivity contribution < 1.29 is 9.53 Å². The van der Waals surface area contributed by atoms with Gasteiger partial charge < -0.3 is 4.74 Å². The van der Waals surface area contributed by atoms with Gasteiger partial charge in [0, 0.05) is 17.9 Å². The number of ketones is 1. The van der Waals surface area contributed by atoms with Gasteiger partial charge in [0.1, 0.15) is 5.75 Å². The molecular formula is C12H18O2S. The lowest BCUT2D eigenvalue weighted by Crippen LogP contribution is -2.08. The topological polar surface area (TPSA) is 26.3 Å². The highest BCUT2D eigenvalue weighted by molar-refractivity contribution is 7.12. The smallest absolute Gasteiger partial charge is 0.172 e. The van der Waals surface area contributed by atoms with Gasteiger partial charge in [-0.15, -0.1) is 11.3 Å². The maximum absolute atomic E-state index is 11.8. The van der Waals surface area contributed by atoms with E-state index < -0.39 is 0 Å². The zero-order chi connectivity index (χ0) is 11.5. The highest BCUT2D eigenvalue weighted by Crippen LogP contribution is 2.26. The second kappa shape index (κ2) is 4.79. The van der Waals surface area contributed by atoms with Crippen LogP contribution in [-0.4, -0.2) is 12.9 Å². The number of Topliss-reactive ketones (excluding diaryl/α,β-unsaturated/α-hetero) is 1. The number of hydrogen-bond donors (Lipinski definition) is 0. The lowest BCUT2D eigenvalue weighted by molar-refractivity contribution is 0.0969. The Hall–Kier alpha value is -0.830. The van der Waals surface area contributed by atoms with Gasteiger partial charge in [-0.1, -0.05) is 20.8 Å². The molecule has 2 nitrogen and oxygen atoms in total. The summed E-state index contributed by atoms with van der Waals surface area (Å²) in [4.78, 5) is 12.6. The van der Waals surface area contributed by atoms with Gasteiger partial charge in [-0.25, -0.2) is 0 Å². The number of rotatable bonds is 4. The molecule has 0 aliphatic rings. The molecular weight excluding hydrogens is 208 g/mol. The fourth-order valence-electron chi connectivity index (χ4n) is 1.18. The molecule has 0 radical (unpaired) electrons. The van der Waals surface area contributed by atoms with E-state index in [1.165, 1.54) is 11.3 Å². The van der Waals surface area contributed by atoms with Gasteiger partial charge in [0.05, 0.1) is 12.0 Å². The second-order valence-electron chi connectivity index (χ2n) is 4.83. The van der Waals surface area contributed by atoms with Crippen molar-refractivity contribution in [2.45, 2.75) is 33.6 Å². The summed E-state index contributed by atoms with van der Waals surface area (Å²) in [6.07, 6.45) is 1.54. The summed E-state index contributed by atoms with van der Waals surface area (Å²) in [5, 5.41) is 1.87. The number of carbonyl (C=O) groups is 1. The number of methoxy groups -OCH3 is 1. The van der Waals surface area contributed by atoms with Crippen molar-refractivity contribution in [1.29, 1.82) is 0 Å². The van der Waals surface area contributed by atoms with Crippen molar-refractivity contribution in [2.24, 2.45) is 5.41 Å². The zero-order valence-corrected chi connectivity index (χ0v) is 10.6. The first kappa shape index (κ1) is 12.2. The molecule has 0 aliphatic heterocycles. The predicted octanol–water partition coefficient (Wildman–Crippen LogP) is 3.77. The molecule has 1 aromatic rings. The zero-order valence-electron chi connectivity index (χ0n) is 9.79. The van der Waals surface area contributed by atoms with Crippen LogP contribution in [0.15, 0.2) is 11.4 Å². The van der Waals surface area contributed by atoms with Gasteiger partial charge in [-0.3, -0.25) is 4.79 Å². The molecule has 0 aliphatic carbocycles. The van der Waals surface area contributed by atoms with Crippen molar-refractivity contribution in [2.75, 3.05) is 7.11 Å². The molecule has 0 bridgehead atoms. The molecule has 0 unspecified atom stereocenters. The van der Waals surface area contributed by atoms with E-state index in [1.807, 2.05) is 11.4 Å². The van der Waals surface area contributed by atoms with Crippen LogP contribution in [0.5, 0.6) is 5.75 Å². The minimum absolute atomic E-state index is 0.219. The fraction of sp³-hybridized carbons (Fsp3) is 0.583. The summed E-state index contributed by atoms with van der Waals surface area (Å²) in [5.74, 6) is 0.998. The molecule has 0 fully saturated rings. The third-order valence-electron chi connectivity index (χ3n) is 2.19. The standard InChI is InChI=1S/C12H18O2S/c1-12(2,3)6-5-10(13)11-7-9(14-4)8-15-11/h7-8H,5-6H2,1-4H3. The average Bonchev–Trinajstić information content (AvgIpc) is 2.61. The van der Waals surface area contributed by atoms with Crippen LogP contribution in [0.2, 0.25) is 0 Å². The van der Waals surface area contributed by atoms with E-state index in [0.717, 1.165) is 17.0 Å². The van der Waals surface area contributed by atoms with Crippen molar-refractivity contribution in [3.63, 3.8) is 0 Å². The van der Waals surface area contributed by atoms with Crippen LogP contribution < -0.4 is 4.74 Å². The third kappa shape index (κ3) is 4.04. The minimum Gasteiger partial charge on any atom is -0.496 e. The summed E-state index contributed by atoms with van der Waals surface area (Å²) >= 11 is 1.46. The Balaban J connectivity index is 2.54. The summed E-state index contributed by atoms with van der Waals surface area (Å²) in [6.45, 7) is 6.44. The summed E-state index contributed by atoms with van der Waals surface area (Å²) in [6, 6.07) is 1.82. The van der Waals surface area contributed by atoms with E-state index in [9.17, 15) is 4.79 Å². The maximum Gasteiger partial charge on any atom is 0.172 e. The quantitative estimate of drug-likeness (QED) is 0.731. The van der Waals surface area contributed by atoms with E-state index in [2.05, 4.69) is 20.8 Å². The van der Waals surface area contributed by atoms with Gasteiger partial charge >= 0.3 is 0 Å². The van der Waals surface area contributed by atoms with Gasteiger partial charge in [-0.05, 0) is 11.8 Å². The molecule has 1 heterocycles. The Morgan fingerprint density at radius 3 is 2.60 bits per heavy atom. The molecule has 1 rings (SSSR count). The van der Waals surface area contributed by atoms with Gasteiger partial charge in [0.15, 0.2) is 5.78 Å². The van der Waals surface area contributed by atoms with Crippen molar-refractivity contribution in [1.82, 2.24) is 0 Å². The number of carbonyl (C=O) groups excluding carboxylic acids is 1. The van der Waals surface area contributed by atoms with Crippen LogP contribution in [0.25, 0.3) is 0 Å². The van der Waals surface area contributed by atoms with Crippen LogP contribution in [0.3, 0.4) is 0 Å². The van der Waals surface area contributed by atoms with Gasteiger partial charge in [-0.2, -0.15) is 0 Å². The van der Waals surface area contributed by atoms with Crippen LogP contribution in [0, 0.1) is 5.41 Å². The van der Waals surface area contributed by atoms with Gasteiger partial charge in [0.2, 0.25) is 0 Å². The van der Waals surface area contributed by atoms with Crippen LogP contribution in [0.4, 0.5) is 0 Å². The lowest BCUT2D eigenvalue weighted by Gasteiger charge is -2.16. The molecule has 0 atom stereocenters. The Bertz CT molecular complexity index is 334. The van der Waals surface area contributed by atoms with Crippen molar-refractivity contribution in [3.05, 3.63) is 16.3 Å². The van der Waals surface area contributed by atoms with E-state index in [4.69, 9.17) is 4.74 Å². The molecule has 84 valence electrons. The van der Waals surface area contributed by atoms with Gasteiger partial charge in [0.25, 0.3) is 0 Å². The molecule has 1 aromatic heterocycles. The summed E-state index contributed by atoms with van der Waals surface area (Å²) in [7, 11) is 1.62. The van der Waals surface area contributed by atoms with E-state index in [0.29, 0.717) is 6.42 Å². The van der Waals surface area contributed by atoms with Crippen LogP contribution in [-0.2, 0) is 0 Å². The molecule has 15 heavy (non-hydrogen) atoms. The van der Waals surface area contributed by atoms with Crippen LogP contribution in [0.1, 0.15) is 43.3 Å². The first-order valence-corrected chi connectivity index (χ1v) is 5.96. The first-order valence-electron chi connectivity index (χ1n) is 5.08. The molecule has 0 amide bonds. The predicted molar refractivity (Wildman–Crippen MR) is 63.9 cm³/mol. The highest BCUT2D eigenvalue weighted by Gasteiger charge is 2.15. The Labute approximate surface area is 95.3 Å². The first-order chi connectivity index (χ1) is 6.92. The third-order valence-corrected chi connectivity index (χ3v) is 3.14. The van der Waals surface area contributed by atoms with Crippen molar-refractivity contribution in [3.8, 4) is 5.75 Å². The normalized spacial score (nSPS) is 11.5. The molecule has 0 aromatic carbocycles. The highest BCUT2D eigenvalue weighted by atomic mass is 32.1. The number of ether oxygens (including phenoxy) is 1. The monoisotopic (exact) mass is 226 g/mol. The largest absolute Gasteiger partial charge is 0.496 e. The maximum atomic E-state index is 11.8. The fourth-order valence-corrected chi connectivity index (χ4v) is 2.01.